The van der Waals surface area contributed by atoms with Gasteiger partial charge in [-0.3, -0.25) is 5.10 Å². The number of benzene rings is 1. The fourth-order valence-electron chi connectivity index (χ4n) is 1.85. The lowest BCUT2D eigenvalue weighted by molar-refractivity contribution is 0.0698. The number of aromatic amines is 1. The number of hydrogen-bond donors (Lipinski definition) is 4. The van der Waals surface area contributed by atoms with Gasteiger partial charge in [0, 0.05) is 0 Å². The topological polar surface area (TPSA) is 120 Å². The number of aromatic nitrogens is 3. The summed E-state index contributed by atoms with van der Waals surface area (Å²) in [4.78, 5) is 27.1. The first-order valence-corrected chi connectivity index (χ1v) is 6.24. The third kappa shape index (κ3) is 3.35. The number of carbonyl (C=O) groups is 2. The van der Waals surface area contributed by atoms with Crippen molar-refractivity contribution in [3.05, 3.63) is 41.5 Å². The number of hydrogen-bond acceptors (Lipinski definition) is 4. The van der Waals surface area contributed by atoms with E-state index in [0.29, 0.717) is 11.4 Å². The predicted octanol–water partition coefficient (Wildman–Crippen LogP) is 1.69. The van der Waals surface area contributed by atoms with Crippen molar-refractivity contribution in [3.63, 3.8) is 0 Å². The van der Waals surface area contributed by atoms with Crippen molar-refractivity contribution in [2.45, 2.75) is 19.9 Å². The number of rotatable bonds is 4. The van der Waals surface area contributed by atoms with E-state index in [4.69, 9.17) is 5.11 Å². The highest BCUT2D eigenvalue weighted by molar-refractivity contribution is 6.01. The standard InChI is InChI=1S/C13H15N5O3/c1-7-4-3-5-9(12(19)20)10(7)17-13(21)16-8(2)11-14-6-15-18-11/h3-6,8H,1-2H3,(H,19,20)(H,14,15,18)(H2,16,17,21). The molecule has 1 unspecified atom stereocenters. The molecule has 0 saturated carbocycles. The van der Waals surface area contributed by atoms with Crippen LogP contribution in [0.15, 0.2) is 24.5 Å². The van der Waals surface area contributed by atoms with Crippen LogP contribution in [0.1, 0.15) is 34.7 Å². The summed E-state index contributed by atoms with van der Waals surface area (Å²) in [5.41, 5.74) is 0.974. The molecule has 1 aromatic carbocycles. The molecule has 0 radical (unpaired) electrons. The smallest absolute Gasteiger partial charge is 0.337 e. The molecule has 1 aromatic heterocycles. The fourth-order valence-corrected chi connectivity index (χ4v) is 1.85. The average Bonchev–Trinajstić information content (AvgIpc) is 2.94. The quantitative estimate of drug-likeness (QED) is 0.682. The number of carboxylic acid groups (broad SMARTS) is 1. The molecule has 8 nitrogen and oxygen atoms in total. The Labute approximate surface area is 120 Å². The number of H-pyrrole nitrogens is 1. The molecule has 0 bridgehead atoms. The van der Waals surface area contributed by atoms with Gasteiger partial charge in [-0.25, -0.2) is 14.6 Å². The molecule has 0 spiro atoms. The summed E-state index contributed by atoms with van der Waals surface area (Å²) in [5, 5.41) is 20.7. The Morgan fingerprint density at radius 2 is 2.14 bits per heavy atom. The first-order chi connectivity index (χ1) is 9.99. The molecular formula is C13H15N5O3. The van der Waals surface area contributed by atoms with E-state index < -0.39 is 12.0 Å². The molecule has 8 heteroatoms. The lowest BCUT2D eigenvalue weighted by Gasteiger charge is -2.15. The molecule has 0 saturated heterocycles. The fraction of sp³-hybridized carbons (Fsp3) is 0.231. The minimum absolute atomic E-state index is 0.0393. The number of nitrogens with one attached hydrogen (secondary N) is 3. The summed E-state index contributed by atoms with van der Waals surface area (Å²) in [6.07, 6.45) is 1.34. The number of para-hydroxylation sites is 1. The molecule has 0 aliphatic heterocycles. The number of aryl methyl sites for hydroxylation is 1. The van der Waals surface area contributed by atoms with Crippen LogP contribution < -0.4 is 10.6 Å². The van der Waals surface area contributed by atoms with Crippen molar-refractivity contribution in [2.24, 2.45) is 0 Å². The maximum atomic E-state index is 12.0. The summed E-state index contributed by atoms with van der Waals surface area (Å²) in [7, 11) is 0. The van der Waals surface area contributed by atoms with Crippen molar-refractivity contribution in [1.29, 1.82) is 0 Å². The summed E-state index contributed by atoms with van der Waals surface area (Å²) < 4.78 is 0. The summed E-state index contributed by atoms with van der Waals surface area (Å²) in [6.45, 7) is 3.46. The van der Waals surface area contributed by atoms with Gasteiger partial charge in [0.05, 0.1) is 17.3 Å². The number of carbonyl (C=O) groups excluding carboxylic acids is 1. The van der Waals surface area contributed by atoms with Gasteiger partial charge in [0.15, 0.2) is 0 Å². The van der Waals surface area contributed by atoms with E-state index in [0.717, 1.165) is 0 Å². The Morgan fingerprint density at radius 3 is 2.76 bits per heavy atom. The van der Waals surface area contributed by atoms with E-state index in [1.807, 2.05) is 0 Å². The van der Waals surface area contributed by atoms with Crippen LogP contribution in [0.25, 0.3) is 0 Å². The Balaban J connectivity index is 2.11. The first kappa shape index (κ1) is 14.5. The molecule has 2 rings (SSSR count). The molecule has 2 amide bonds. The minimum atomic E-state index is -1.10. The van der Waals surface area contributed by atoms with Crippen LogP contribution in [0.5, 0.6) is 0 Å². The van der Waals surface area contributed by atoms with Crippen LogP contribution >= 0.6 is 0 Å². The molecule has 2 aromatic rings. The minimum Gasteiger partial charge on any atom is -0.478 e. The Hall–Kier alpha value is -2.90. The summed E-state index contributed by atoms with van der Waals surface area (Å²) in [6, 6.07) is 3.88. The Morgan fingerprint density at radius 1 is 1.38 bits per heavy atom. The van der Waals surface area contributed by atoms with Crippen molar-refractivity contribution in [1.82, 2.24) is 20.5 Å². The van der Waals surface area contributed by atoms with E-state index in [1.54, 1.807) is 26.0 Å². The van der Waals surface area contributed by atoms with Crippen LogP contribution in [-0.2, 0) is 0 Å². The number of amides is 2. The van der Waals surface area contributed by atoms with E-state index in [1.165, 1.54) is 12.4 Å². The van der Waals surface area contributed by atoms with Gasteiger partial charge in [0.25, 0.3) is 0 Å². The van der Waals surface area contributed by atoms with Gasteiger partial charge in [0.1, 0.15) is 12.2 Å². The van der Waals surface area contributed by atoms with Gasteiger partial charge in [-0.15, -0.1) is 0 Å². The third-order valence-corrected chi connectivity index (χ3v) is 2.93. The van der Waals surface area contributed by atoms with Gasteiger partial charge in [-0.2, -0.15) is 5.10 Å². The number of urea groups is 1. The van der Waals surface area contributed by atoms with E-state index in [-0.39, 0.29) is 17.3 Å². The maximum absolute atomic E-state index is 12.0. The van der Waals surface area contributed by atoms with Gasteiger partial charge in [-0.1, -0.05) is 12.1 Å². The van der Waals surface area contributed by atoms with Gasteiger partial charge < -0.3 is 15.7 Å². The summed E-state index contributed by atoms with van der Waals surface area (Å²) in [5.74, 6) is -0.592. The van der Waals surface area contributed by atoms with Crippen molar-refractivity contribution in [2.75, 3.05) is 5.32 Å². The Bertz CT molecular complexity index is 654. The first-order valence-electron chi connectivity index (χ1n) is 6.24. The zero-order valence-corrected chi connectivity index (χ0v) is 11.5. The van der Waals surface area contributed by atoms with Crippen LogP contribution in [0.3, 0.4) is 0 Å². The highest BCUT2D eigenvalue weighted by Crippen LogP contribution is 2.20. The molecule has 1 atom stereocenters. The third-order valence-electron chi connectivity index (χ3n) is 2.93. The highest BCUT2D eigenvalue weighted by Gasteiger charge is 2.16. The molecule has 0 aliphatic carbocycles. The van der Waals surface area contributed by atoms with Crippen LogP contribution in [0.4, 0.5) is 10.5 Å². The molecule has 4 N–H and O–H groups in total. The second-order valence-corrected chi connectivity index (χ2v) is 4.49. The van der Waals surface area contributed by atoms with Gasteiger partial charge >= 0.3 is 12.0 Å². The largest absolute Gasteiger partial charge is 0.478 e. The predicted molar refractivity (Wildman–Crippen MR) is 75.1 cm³/mol. The van der Waals surface area contributed by atoms with Crippen LogP contribution in [0, 0.1) is 6.92 Å². The lowest BCUT2D eigenvalue weighted by Crippen LogP contribution is -2.32. The van der Waals surface area contributed by atoms with Gasteiger partial charge in [-0.05, 0) is 25.5 Å². The maximum Gasteiger partial charge on any atom is 0.337 e. The molecule has 110 valence electrons. The normalized spacial score (nSPS) is 11.7. The van der Waals surface area contributed by atoms with Crippen molar-refractivity contribution < 1.29 is 14.7 Å². The molecular weight excluding hydrogens is 274 g/mol. The van der Waals surface area contributed by atoms with Crippen molar-refractivity contribution in [3.8, 4) is 0 Å². The summed E-state index contributed by atoms with van der Waals surface area (Å²) >= 11 is 0. The molecule has 1 heterocycles. The van der Waals surface area contributed by atoms with Gasteiger partial charge in [0.2, 0.25) is 0 Å². The number of carboxylic acids is 1. The number of aromatic carboxylic acids is 1. The number of anilines is 1. The molecule has 21 heavy (non-hydrogen) atoms. The number of nitrogens with zero attached hydrogens (tertiary/aromatic N) is 2. The SMILES string of the molecule is Cc1cccc(C(=O)O)c1NC(=O)NC(C)c1ncn[nH]1. The average molecular weight is 289 g/mol. The second-order valence-electron chi connectivity index (χ2n) is 4.49. The monoisotopic (exact) mass is 289 g/mol. The highest BCUT2D eigenvalue weighted by atomic mass is 16.4. The molecule has 0 fully saturated rings. The van der Waals surface area contributed by atoms with E-state index >= 15 is 0 Å². The van der Waals surface area contributed by atoms with E-state index in [9.17, 15) is 9.59 Å². The van der Waals surface area contributed by atoms with Crippen LogP contribution in [0.2, 0.25) is 0 Å². The molecule has 0 aliphatic rings. The Kier molecular flexibility index (Phi) is 4.17. The zero-order chi connectivity index (χ0) is 15.4. The van der Waals surface area contributed by atoms with Crippen LogP contribution in [-0.4, -0.2) is 32.3 Å². The zero-order valence-electron chi connectivity index (χ0n) is 11.5. The van der Waals surface area contributed by atoms with Crippen molar-refractivity contribution >= 4 is 17.7 Å². The lowest BCUT2D eigenvalue weighted by atomic mass is 10.1. The van der Waals surface area contributed by atoms with E-state index in [2.05, 4.69) is 25.8 Å². The second kappa shape index (κ2) is 6.04.